The van der Waals surface area contributed by atoms with Crippen LogP contribution in [0.1, 0.15) is 54.1 Å². The number of ether oxygens (including phenoxy) is 1. The van der Waals surface area contributed by atoms with E-state index in [1.807, 2.05) is 19.1 Å². The summed E-state index contributed by atoms with van der Waals surface area (Å²) in [5.41, 5.74) is 2.48. The molecule has 2 aliphatic heterocycles. The van der Waals surface area contributed by atoms with Crippen LogP contribution in [0.3, 0.4) is 0 Å². The lowest BCUT2D eigenvalue weighted by Gasteiger charge is -2.34. The van der Waals surface area contributed by atoms with Crippen molar-refractivity contribution in [3.8, 4) is 11.5 Å². The maximum Gasteiger partial charge on any atom is 0.416 e. The van der Waals surface area contributed by atoms with Crippen molar-refractivity contribution in [1.82, 2.24) is 29.7 Å². The second-order valence-corrected chi connectivity index (χ2v) is 11.6. The van der Waals surface area contributed by atoms with E-state index in [1.54, 1.807) is 41.7 Å². The molecule has 1 amide bonds. The van der Waals surface area contributed by atoms with E-state index in [0.717, 1.165) is 61.9 Å². The summed E-state index contributed by atoms with van der Waals surface area (Å²) in [6.45, 7) is 9.30. The first-order valence-electron chi connectivity index (χ1n) is 15.2. The number of amides is 1. The van der Waals surface area contributed by atoms with Crippen LogP contribution < -0.4 is 4.74 Å². The molecule has 1 atom stereocenters. The third-order valence-corrected chi connectivity index (χ3v) is 8.80. The van der Waals surface area contributed by atoms with E-state index >= 15 is 0 Å². The molecule has 8 nitrogen and oxygen atoms in total. The average Bonchev–Trinajstić information content (AvgIpc) is 3.51. The lowest BCUT2D eigenvalue weighted by Crippen LogP contribution is -2.45. The minimum Gasteiger partial charge on any atom is -0.455 e. The first-order valence-corrected chi connectivity index (χ1v) is 15.2. The topological polar surface area (TPSA) is 77.6 Å². The minimum absolute atomic E-state index is 0.0235. The van der Waals surface area contributed by atoms with Crippen molar-refractivity contribution in [3.63, 3.8) is 0 Å². The van der Waals surface area contributed by atoms with E-state index in [2.05, 4.69) is 26.7 Å². The number of carbonyl (C=O) groups is 1. The number of carbonyl (C=O) groups excluding carboxylic acids is 1. The van der Waals surface area contributed by atoms with E-state index < -0.39 is 11.7 Å². The number of hydrogen-bond acceptors (Lipinski definition) is 6. The van der Waals surface area contributed by atoms with Gasteiger partial charge in [-0.2, -0.15) is 13.2 Å². The summed E-state index contributed by atoms with van der Waals surface area (Å²) in [4.78, 5) is 31.7. The Balaban J connectivity index is 1.17. The number of aromatic nitrogens is 3. The van der Waals surface area contributed by atoms with Gasteiger partial charge in [-0.1, -0.05) is 26.0 Å². The maximum atomic E-state index is 14.2. The molecule has 3 aromatic heterocycles. The zero-order valence-corrected chi connectivity index (χ0v) is 25.0. The second kappa shape index (κ2) is 12.6. The molecule has 1 N–H and O–H groups in total. The molecule has 1 fully saturated rings. The number of nitrogens with one attached hydrogen (secondary N) is 1. The van der Waals surface area contributed by atoms with Crippen LogP contribution >= 0.6 is 0 Å². The fourth-order valence-electron chi connectivity index (χ4n) is 6.26. The molecule has 1 saturated heterocycles. The molecular formula is C33H37F3N6O2. The summed E-state index contributed by atoms with van der Waals surface area (Å²) in [5, 5.41) is 0.844. The first-order chi connectivity index (χ1) is 21.2. The van der Waals surface area contributed by atoms with Gasteiger partial charge in [0.1, 0.15) is 17.1 Å². The number of piperazine rings is 1. The number of H-pyrrole nitrogens is 1. The molecule has 232 valence electrons. The molecule has 6 rings (SSSR count). The number of fused-ring (bicyclic) bond motifs is 2. The highest BCUT2D eigenvalue weighted by Gasteiger charge is 2.35. The van der Waals surface area contributed by atoms with Crippen molar-refractivity contribution in [2.24, 2.45) is 0 Å². The van der Waals surface area contributed by atoms with E-state index in [9.17, 15) is 18.0 Å². The second-order valence-electron chi connectivity index (χ2n) is 11.6. The molecular weight excluding hydrogens is 569 g/mol. The molecule has 4 aromatic rings. The number of nitrogens with zero attached hydrogens (tertiary/aromatic N) is 5. The van der Waals surface area contributed by atoms with E-state index in [1.165, 1.54) is 0 Å². The van der Waals surface area contributed by atoms with Crippen LogP contribution in [0.2, 0.25) is 0 Å². The highest BCUT2D eigenvalue weighted by molar-refractivity contribution is 5.82. The van der Waals surface area contributed by atoms with Gasteiger partial charge in [0.05, 0.1) is 29.3 Å². The zero-order valence-electron chi connectivity index (χ0n) is 25.0. The van der Waals surface area contributed by atoms with Crippen molar-refractivity contribution in [1.29, 1.82) is 0 Å². The number of halogens is 3. The van der Waals surface area contributed by atoms with Crippen molar-refractivity contribution in [3.05, 3.63) is 82.9 Å². The van der Waals surface area contributed by atoms with E-state index in [4.69, 9.17) is 9.72 Å². The van der Waals surface area contributed by atoms with Crippen LogP contribution in [0.25, 0.3) is 11.0 Å². The monoisotopic (exact) mass is 606 g/mol. The van der Waals surface area contributed by atoms with Crippen LogP contribution in [0, 0.1) is 0 Å². The summed E-state index contributed by atoms with van der Waals surface area (Å²) < 4.78 is 48.7. The molecule has 0 spiro atoms. The number of hydrogen-bond donors (Lipinski definition) is 1. The van der Waals surface area contributed by atoms with E-state index in [-0.39, 0.29) is 30.4 Å². The number of rotatable bonds is 8. The average molecular weight is 607 g/mol. The van der Waals surface area contributed by atoms with Crippen molar-refractivity contribution < 1.29 is 22.7 Å². The van der Waals surface area contributed by atoms with Gasteiger partial charge < -0.3 is 19.5 Å². The number of pyridine rings is 2. The van der Waals surface area contributed by atoms with Gasteiger partial charge in [-0.05, 0) is 53.9 Å². The largest absolute Gasteiger partial charge is 0.455 e. The Morgan fingerprint density at radius 3 is 2.59 bits per heavy atom. The summed E-state index contributed by atoms with van der Waals surface area (Å²) in [5.74, 6) is 1.000. The summed E-state index contributed by atoms with van der Waals surface area (Å²) >= 11 is 0. The van der Waals surface area contributed by atoms with Gasteiger partial charge in [0.15, 0.2) is 0 Å². The Bertz CT molecular complexity index is 1630. The van der Waals surface area contributed by atoms with Gasteiger partial charge >= 0.3 is 6.18 Å². The summed E-state index contributed by atoms with van der Waals surface area (Å²) in [6.07, 6.45) is 1.33. The predicted molar refractivity (Wildman–Crippen MR) is 161 cm³/mol. The fourth-order valence-corrected chi connectivity index (χ4v) is 6.26. The summed E-state index contributed by atoms with van der Waals surface area (Å²) in [7, 11) is 0. The van der Waals surface area contributed by atoms with Crippen LogP contribution in [0.5, 0.6) is 11.5 Å². The van der Waals surface area contributed by atoms with Crippen molar-refractivity contribution in [2.75, 3.05) is 39.3 Å². The highest BCUT2D eigenvalue weighted by Crippen LogP contribution is 2.36. The Hall–Kier alpha value is -3.96. The smallest absolute Gasteiger partial charge is 0.416 e. The Morgan fingerprint density at radius 2 is 1.84 bits per heavy atom. The van der Waals surface area contributed by atoms with Gasteiger partial charge in [0.2, 0.25) is 5.91 Å². The van der Waals surface area contributed by atoms with Crippen LogP contribution in [-0.4, -0.2) is 74.8 Å². The Labute approximate surface area is 254 Å². The predicted octanol–water partition coefficient (Wildman–Crippen LogP) is 5.99. The molecule has 1 unspecified atom stereocenters. The third-order valence-electron chi connectivity index (χ3n) is 8.80. The molecule has 1 aromatic carbocycles. The quantitative estimate of drug-likeness (QED) is 0.266. The van der Waals surface area contributed by atoms with Crippen molar-refractivity contribution >= 4 is 16.9 Å². The lowest BCUT2D eigenvalue weighted by atomic mass is 9.92. The zero-order chi connectivity index (χ0) is 30.8. The number of likely N-dealkylation sites (N-methyl/N-ethyl adjacent to an activating group) is 1. The number of alkyl halides is 3. The molecule has 0 aliphatic carbocycles. The van der Waals surface area contributed by atoms with Gasteiger partial charge in [-0.25, -0.2) is 4.98 Å². The molecule has 5 heterocycles. The molecule has 0 bridgehead atoms. The SMILES string of the molecule is CCC1CN(C(=O)Cc2ccc(CN3CCN(CC)CC3)c(C(F)(F)F)c2)Cc2cc(Oc3ccnc4[nH]ccc34)cnc21. The van der Waals surface area contributed by atoms with Gasteiger partial charge in [-0.3, -0.25) is 14.7 Å². The standard InChI is InChI=1S/C33H37F3N6O2/c1-3-23-20-42(21-25-17-26(18-39-31(23)25)44-29-8-10-38-32-27(29)7-9-37-32)30(43)16-22-5-6-24(28(15-22)33(34,35)36)19-41-13-11-40(4-2)12-14-41/h5-10,15,17-18,23H,3-4,11-14,16,19-21H2,1-2H3,(H,37,38). The van der Waals surface area contributed by atoms with Crippen LogP contribution in [-0.2, 0) is 30.5 Å². The van der Waals surface area contributed by atoms with Gasteiger partial charge in [0.25, 0.3) is 0 Å². The molecule has 44 heavy (non-hydrogen) atoms. The van der Waals surface area contributed by atoms with Crippen LogP contribution in [0.4, 0.5) is 13.2 Å². The molecule has 0 saturated carbocycles. The fraction of sp³-hybridized carbons (Fsp3) is 0.424. The molecule has 2 aliphatic rings. The van der Waals surface area contributed by atoms with Gasteiger partial charge in [0, 0.05) is 64.1 Å². The maximum absolute atomic E-state index is 14.2. The number of aromatic amines is 1. The molecule has 0 radical (unpaired) electrons. The van der Waals surface area contributed by atoms with Gasteiger partial charge in [-0.15, -0.1) is 0 Å². The molecule has 11 heteroatoms. The number of benzene rings is 1. The minimum atomic E-state index is -4.50. The Kier molecular flexibility index (Phi) is 8.59. The normalized spacial score (nSPS) is 18.0. The van der Waals surface area contributed by atoms with Crippen LogP contribution in [0.15, 0.2) is 55.0 Å². The first kappa shape index (κ1) is 30.1. The Morgan fingerprint density at radius 1 is 1.05 bits per heavy atom. The third kappa shape index (κ3) is 6.44. The van der Waals surface area contributed by atoms with Crippen molar-refractivity contribution in [2.45, 2.75) is 51.9 Å². The summed E-state index contributed by atoms with van der Waals surface area (Å²) in [6, 6.07) is 9.96. The lowest BCUT2D eigenvalue weighted by molar-refractivity contribution is -0.139. The van der Waals surface area contributed by atoms with E-state index in [0.29, 0.717) is 35.8 Å². The highest BCUT2D eigenvalue weighted by atomic mass is 19.4.